The van der Waals surface area contributed by atoms with E-state index in [1.54, 1.807) is 7.11 Å². The molecule has 2 aromatic rings. The molecule has 6 nitrogen and oxygen atoms in total. The quantitative estimate of drug-likeness (QED) is 0.707. The molecule has 0 radical (unpaired) electrons. The van der Waals surface area contributed by atoms with E-state index in [0.29, 0.717) is 18.8 Å². The summed E-state index contributed by atoms with van der Waals surface area (Å²) in [7, 11) is -2.10. The van der Waals surface area contributed by atoms with Gasteiger partial charge < -0.3 is 10.1 Å². The summed E-state index contributed by atoms with van der Waals surface area (Å²) < 4.78 is 33.0. The summed E-state index contributed by atoms with van der Waals surface area (Å²) in [6.07, 6.45) is 3.75. The Bertz CT molecular complexity index is 1000. The predicted octanol–water partition coefficient (Wildman–Crippen LogP) is 4.40. The monoisotopic (exact) mass is 450 g/mol. The van der Waals surface area contributed by atoms with E-state index < -0.39 is 15.9 Å². The van der Waals surface area contributed by atoms with Crippen molar-refractivity contribution >= 4 is 27.5 Å². The van der Waals surface area contributed by atoms with E-state index in [0.717, 1.165) is 31.2 Å². The molecule has 1 saturated heterocycles. The van der Waals surface area contributed by atoms with E-state index in [9.17, 15) is 13.2 Å². The van der Waals surface area contributed by atoms with Gasteiger partial charge in [0.05, 0.1) is 28.6 Å². The van der Waals surface area contributed by atoms with Gasteiger partial charge in [-0.25, -0.2) is 8.42 Å². The molecule has 0 aliphatic carbocycles. The van der Waals surface area contributed by atoms with Gasteiger partial charge in [0.15, 0.2) is 0 Å². The first-order chi connectivity index (χ1) is 14.3. The molecule has 30 heavy (non-hydrogen) atoms. The minimum absolute atomic E-state index is 0.0869. The number of nitrogens with one attached hydrogen (secondary N) is 1. The number of nitrogens with zero attached hydrogens (tertiary/aromatic N) is 1. The average molecular weight is 451 g/mol. The summed E-state index contributed by atoms with van der Waals surface area (Å²) in [5.41, 5.74) is 0.951. The van der Waals surface area contributed by atoms with Crippen molar-refractivity contribution in [3.8, 4) is 5.75 Å². The van der Waals surface area contributed by atoms with Crippen molar-refractivity contribution in [2.24, 2.45) is 0 Å². The lowest BCUT2D eigenvalue weighted by molar-refractivity contribution is 0.0939. The fourth-order valence-electron chi connectivity index (χ4n) is 3.65. The first kappa shape index (κ1) is 22.6. The smallest absolute Gasteiger partial charge is 0.253 e. The Morgan fingerprint density at radius 2 is 1.77 bits per heavy atom. The molecule has 0 bridgehead atoms. The molecule has 8 heteroatoms. The first-order valence-corrected chi connectivity index (χ1v) is 11.9. The van der Waals surface area contributed by atoms with E-state index in [1.807, 2.05) is 31.2 Å². The van der Waals surface area contributed by atoms with Crippen molar-refractivity contribution in [2.75, 3.05) is 20.2 Å². The lowest BCUT2D eigenvalue weighted by Crippen LogP contribution is -2.32. The van der Waals surface area contributed by atoms with Gasteiger partial charge in [0.2, 0.25) is 10.0 Å². The highest BCUT2D eigenvalue weighted by Crippen LogP contribution is 2.27. The van der Waals surface area contributed by atoms with Crippen molar-refractivity contribution < 1.29 is 17.9 Å². The number of carbonyl (C=O) groups excluding carboxylic acids is 1. The van der Waals surface area contributed by atoms with Crippen LogP contribution in [0.5, 0.6) is 5.75 Å². The molecule has 2 aromatic carbocycles. The molecule has 0 unspecified atom stereocenters. The van der Waals surface area contributed by atoms with E-state index >= 15 is 0 Å². The number of carbonyl (C=O) groups is 1. The van der Waals surface area contributed by atoms with E-state index in [4.69, 9.17) is 16.3 Å². The molecule has 0 aromatic heterocycles. The fourth-order valence-corrected chi connectivity index (χ4v) is 5.39. The Morgan fingerprint density at radius 1 is 1.10 bits per heavy atom. The second kappa shape index (κ2) is 9.81. The molecule has 1 fully saturated rings. The number of ether oxygens (including phenoxy) is 1. The number of benzene rings is 2. The molecule has 0 saturated carbocycles. The minimum Gasteiger partial charge on any atom is -0.496 e. The number of rotatable bonds is 6. The molecule has 1 aliphatic heterocycles. The zero-order valence-corrected chi connectivity index (χ0v) is 18.8. The van der Waals surface area contributed by atoms with Crippen LogP contribution in [-0.2, 0) is 10.0 Å². The van der Waals surface area contributed by atoms with Gasteiger partial charge in [0.1, 0.15) is 5.75 Å². The summed E-state index contributed by atoms with van der Waals surface area (Å²) in [6.45, 7) is 2.83. The van der Waals surface area contributed by atoms with Crippen LogP contribution in [0.15, 0.2) is 47.4 Å². The van der Waals surface area contributed by atoms with Gasteiger partial charge in [0, 0.05) is 18.7 Å². The normalized spacial score (nSPS) is 16.5. The van der Waals surface area contributed by atoms with E-state index in [2.05, 4.69) is 5.32 Å². The topological polar surface area (TPSA) is 75.7 Å². The third-order valence-corrected chi connectivity index (χ3v) is 7.56. The number of hydrogen-bond acceptors (Lipinski definition) is 4. The van der Waals surface area contributed by atoms with Gasteiger partial charge in [-0.05, 0) is 44.0 Å². The van der Waals surface area contributed by atoms with Crippen LogP contribution in [0.1, 0.15) is 54.6 Å². The van der Waals surface area contributed by atoms with Crippen molar-refractivity contribution in [2.45, 2.75) is 43.5 Å². The third-order valence-electron chi connectivity index (χ3n) is 5.34. The second-order valence-electron chi connectivity index (χ2n) is 7.40. The van der Waals surface area contributed by atoms with Crippen molar-refractivity contribution in [1.29, 1.82) is 0 Å². The number of amides is 1. The van der Waals surface area contributed by atoms with E-state index in [-0.39, 0.29) is 21.5 Å². The number of sulfonamides is 1. The van der Waals surface area contributed by atoms with Crippen LogP contribution in [0.2, 0.25) is 5.02 Å². The van der Waals surface area contributed by atoms with Gasteiger partial charge >= 0.3 is 0 Å². The highest BCUT2D eigenvalue weighted by atomic mass is 35.5. The number of halogens is 1. The minimum atomic E-state index is -3.67. The number of hydrogen-bond donors (Lipinski definition) is 1. The van der Waals surface area contributed by atoms with Crippen LogP contribution in [0.3, 0.4) is 0 Å². The number of para-hydroxylation sites is 1. The second-order valence-corrected chi connectivity index (χ2v) is 9.74. The largest absolute Gasteiger partial charge is 0.496 e. The third kappa shape index (κ3) is 4.96. The van der Waals surface area contributed by atoms with Gasteiger partial charge in [-0.3, -0.25) is 4.79 Å². The highest BCUT2D eigenvalue weighted by Gasteiger charge is 2.27. The molecule has 1 atom stereocenters. The van der Waals surface area contributed by atoms with Crippen molar-refractivity contribution in [1.82, 2.24) is 9.62 Å². The van der Waals surface area contributed by atoms with Crippen LogP contribution in [0.25, 0.3) is 0 Å². The molecular weight excluding hydrogens is 424 g/mol. The molecule has 1 amide bonds. The SMILES string of the molecule is COc1ccccc1[C@@H](C)NC(=O)c1cc(S(=O)(=O)N2CCCCCC2)ccc1Cl. The Labute approximate surface area is 183 Å². The van der Waals surface area contributed by atoms with Crippen molar-refractivity contribution in [3.05, 3.63) is 58.6 Å². The Kier molecular flexibility index (Phi) is 7.39. The van der Waals surface area contributed by atoms with Crippen LogP contribution in [0.4, 0.5) is 0 Å². The molecule has 1 aliphatic rings. The Hall–Kier alpha value is -2.09. The molecular formula is C22H27ClN2O4S. The maximum atomic E-state index is 13.1. The van der Waals surface area contributed by atoms with Gasteiger partial charge in [-0.1, -0.05) is 42.6 Å². The number of methoxy groups -OCH3 is 1. The van der Waals surface area contributed by atoms with Crippen LogP contribution >= 0.6 is 11.6 Å². The standard InChI is InChI=1S/C22H27ClN2O4S/c1-16(18-9-5-6-10-21(18)29-2)24-22(26)19-15-17(11-12-20(19)23)30(27,28)25-13-7-3-4-8-14-25/h5-6,9-12,15-16H,3-4,7-8,13-14H2,1-2H3,(H,24,26)/t16-/m1/s1. The fraction of sp³-hybridized carbons (Fsp3) is 0.409. The molecule has 1 N–H and O–H groups in total. The maximum absolute atomic E-state index is 13.1. The van der Waals surface area contributed by atoms with Gasteiger partial charge in [0.25, 0.3) is 5.91 Å². The highest BCUT2D eigenvalue weighted by molar-refractivity contribution is 7.89. The van der Waals surface area contributed by atoms with Crippen molar-refractivity contribution in [3.63, 3.8) is 0 Å². The molecule has 162 valence electrons. The van der Waals surface area contributed by atoms with Crippen LogP contribution < -0.4 is 10.1 Å². The zero-order valence-electron chi connectivity index (χ0n) is 17.2. The molecule has 0 spiro atoms. The first-order valence-electron chi connectivity index (χ1n) is 10.1. The summed E-state index contributed by atoms with van der Waals surface area (Å²) in [5, 5.41) is 3.09. The maximum Gasteiger partial charge on any atom is 0.253 e. The summed E-state index contributed by atoms with van der Waals surface area (Å²) in [5.74, 6) is 0.222. The summed E-state index contributed by atoms with van der Waals surface area (Å²) in [4.78, 5) is 13.0. The van der Waals surface area contributed by atoms with Crippen LogP contribution in [0, 0.1) is 0 Å². The van der Waals surface area contributed by atoms with Crippen LogP contribution in [-0.4, -0.2) is 38.8 Å². The zero-order chi connectivity index (χ0) is 21.7. The van der Waals surface area contributed by atoms with Gasteiger partial charge in [-0.2, -0.15) is 4.31 Å². The summed E-state index contributed by atoms with van der Waals surface area (Å²) >= 11 is 6.25. The Morgan fingerprint density at radius 3 is 2.43 bits per heavy atom. The lowest BCUT2D eigenvalue weighted by atomic mass is 10.1. The molecule has 1 heterocycles. The van der Waals surface area contributed by atoms with Gasteiger partial charge in [-0.15, -0.1) is 0 Å². The lowest BCUT2D eigenvalue weighted by Gasteiger charge is -2.21. The predicted molar refractivity (Wildman–Crippen MR) is 118 cm³/mol. The Balaban J connectivity index is 1.84. The molecule has 3 rings (SSSR count). The summed E-state index contributed by atoms with van der Waals surface area (Å²) in [6, 6.07) is 11.3. The van der Waals surface area contributed by atoms with E-state index in [1.165, 1.54) is 22.5 Å². The average Bonchev–Trinajstić information content (AvgIpc) is 3.04.